The number of anilines is 1. The molecule has 0 spiro atoms. The molecule has 30 heavy (non-hydrogen) atoms. The van der Waals surface area contributed by atoms with Gasteiger partial charge in [-0.1, -0.05) is 36.4 Å². The Labute approximate surface area is 174 Å². The average Bonchev–Trinajstić information content (AvgIpc) is 3.08. The molecule has 0 saturated carbocycles. The molecule has 7 nitrogen and oxygen atoms in total. The third kappa shape index (κ3) is 4.56. The number of aromatic nitrogens is 1. The molecule has 156 valence electrons. The van der Waals surface area contributed by atoms with Crippen LogP contribution < -0.4 is 14.8 Å². The maximum atomic E-state index is 11.5. The van der Waals surface area contributed by atoms with Gasteiger partial charge in [-0.3, -0.25) is 10.0 Å². The van der Waals surface area contributed by atoms with E-state index in [1.807, 2.05) is 36.4 Å². The van der Waals surface area contributed by atoms with Crippen LogP contribution in [0.5, 0.6) is 5.75 Å². The minimum atomic E-state index is -3.44. The van der Waals surface area contributed by atoms with Gasteiger partial charge in [0.2, 0.25) is 10.0 Å². The number of nitrogens with one attached hydrogen (secondary N) is 3. The Kier molecular flexibility index (Phi) is 5.63. The first-order chi connectivity index (χ1) is 14.4. The zero-order valence-corrected chi connectivity index (χ0v) is 17.2. The molecule has 3 aromatic carbocycles. The van der Waals surface area contributed by atoms with Crippen LogP contribution in [0.3, 0.4) is 0 Å². The molecule has 0 fully saturated rings. The molecule has 0 saturated heterocycles. The summed E-state index contributed by atoms with van der Waals surface area (Å²) in [5, 5.41) is 15.7. The summed E-state index contributed by atoms with van der Waals surface area (Å²) in [5.41, 5.74) is 2.87. The van der Waals surface area contributed by atoms with E-state index in [1.54, 1.807) is 24.3 Å². The quantitative estimate of drug-likeness (QED) is 0.256. The van der Waals surface area contributed by atoms with E-state index in [0.717, 1.165) is 28.4 Å². The first kappa shape index (κ1) is 20.2. The second-order valence-electron chi connectivity index (χ2n) is 7.04. The summed E-state index contributed by atoms with van der Waals surface area (Å²) in [6.07, 6.45) is 0.0387. The van der Waals surface area contributed by atoms with Crippen LogP contribution >= 0.6 is 0 Å². The van der Waals surface area contributed by atoms with Crippen molar-refractivity contribution in [1.29, 1.82) is 0 Å². The van der Waals surface area contributed by atoms with Gasteiger partial charge in [0.25, 0.3) is 0 Å². The number of aromatic amines is 1. The molecule has 0 amide bonds. The Morgan fingerprint density at radius 1 is 1.00 bits per heavy atom. The number of hydrogen-bond donors (Lipinski definition) is 4. The molecular formula is C22H23N3O4S. The third-order valence-corrected chi connectivity index (χ3v) is 5.33. The predicted molar refractivity (Wildman–Crippen MR) is 119 cm³/mol. The highest BCUT2D eigenvalue weighted by Gasteiger charge is 2.14. The van der Waals surface area contributed by atoms with Crippen LogP contribution in [0, 0.1) is 0 Å². The van der Waals surface area contributed by atoms with Crippen molar-refractivity contribution in [3.63, 3.8) is 0 Å². The summed E-state index contributed by atoms with van der Waals surface area (Å²) >= 11 is 0. The zero-order valence-electron chi connectivity index (χ0n) is 16.4. The number of para-hydroxylation sites is 2. The number of H-pyrrole nitrogens is 1. The topological polar surface area (TPSA) is 103 Å². The van der Waals surface area contributed by atoms with Crippen molar-refractivity contribution in [2.75, 3.05) is 24.1 Å². The highest BCUT2D eigenvalue weighted by molar-refractivity contribution is 7.92. The van der Waals surface area contributed by atoms with Gasteiger partial charge < -0.3 is 14.8 Å². The van der Waals surface area contributed by atoms with E-state index < -0.39 is 16.3 Å². The first-order valence-corrected chi connectivity index (χ1v) is 11.4. The van der Waals surface area contributed by atoms with Crippen LogP contribution in [0.4, 0.5) is 5.69 Å². The summed E-state index contributed by atoms with van der Waals surface area (Å²) in [6.45, 7) is 0.712. The highest BCUT2D eigenvalue weighted by Crippen LogP contribution is 2.28. The maximum absolute atomic E-state index is 11.5. The molecule has 4 N–H and O–H groups in total. The second kappa shape index (κ2) is 8.35. The van der Waals surface area contributed by atoms with Crippen LogP contribution in [0.25, 0.3) is 21.8 Å². The molecule has 4 rings (SSSR count). The summed E-state index contributed by atoms with van der Waals surface area (Å²) < 4.78 is 31.2. The van der Waals surface area contributed by atoms with Gasteiger partial charge in [0.1, 0.15) is 18.6 Å². The van der Waals surface area contributed by atoms with E-state index in [-0.39, 0.29) is 0 Å². The first-order valence-electron chi connectivity index (χ1n) is 9.52. The van der Waals surface area contributed by atoms with E-state index in [1.165, 1.54) is 5.39 Å². The standard InChI is InChI=1S/C22H23N3O4S/c1-30(27,28)25-20-9-5-3-7-18(20)22(26)23-12-13-29-15-10-11-17-16-6-2-4-8-19(16)24-21(17)14-15/h2-11,14,22-26H,12-13H2,1H3/t22-/m1/s1. The van der Waals surface area contributed by atoms with E-state index in [9.17, 15) is 13.5 Å². The Morgan fingerprint density at radius 3 is 2.57 bits per heavy atom. The van der Waals surface area contributed by atoms with Crippen LogP contribution in [0.15, 0.2) is 66.7 Å². The van der Waals surface area contributed by atoms with Crippen LogP contribution in [-0.4, -0.2) is 37.9 Å². The molecule has 1 atom stereocenters. The molecule has 1 heterocycles. The lowest BCUT2D eigenvalue weighted by Crippen LogP contribution is -2.27. The maximum Gasteiger partial charge on any atom is 0.229 e. The Hall–Kier alpha value is -3.07. The van der Waals surface area contributed by atoms with Crippen LogP contribution in [0.2, 0.25) is 0 Å². The van der Waals surface area contributed by atoms with Crippen molar-refractivity contribution in [2.45, 2.75) is 6.23 Å². The Balaban J connectivity index is 1.37. The van der Waals surface area contributed by atoms with Gasteiger partial charge in [-0.15, -0.1) is 0 Å². The number of aliphatic hydroxyl groups is 1. The SMILES string of the molecule is CS(=O)(=O)Nc1ccccc1[C@@H](O)NCCOc1ccc2c(c1)[nH]c1ccccc12. The Bertz CT molecular complexity index is 1280. The summed E-state index contributed by atoms with van der Waals surface area (Å²) in [5.74, 6) is 0.726. The minimum absolute atomic E-state index is 0.338. The Morgan fingerprint density at radius 2 is 1.73 bits per heavy atom. The van der Waals surface area contributed by atoms with E-state index in [0.29, 0.717) is 24.4 Å². The number of rotatable bonds is 8. The number of hydrogen-bond acceptors (Lipinski definition) is 5. The number of aliphatic hydroxyl groups excluding tert-OH is 1. The van der Waals surface area contributed by atoms with E-state index in [2.05, 4.69) is 21.1 Å². The number of benzene rings is 3. The summed E-state index contributed by atoms with van der Waals surface area (Å²) in [4.78, 5) is 3.38. The molecule has 0 aliphatic rings. The predicted octanol–water partition coefficient (Wildman–Crippen LogP) is 3.35. The van der Waals surface area contributed by atoms with Crippen LogP contribution in [0.1, 0.15) is 11.8 Å². The monoisotopic (exact) mass is 425 g/mol. The molecule has 4 aromatic rings. The molecule has 0 radical (unpaired) electrons. The zero-order chi connectivity index (χ0) is 21.1. The smallest absolute Gasteiger partial charge is 0.229 e. The molecule has 0 aliphatic carbocycles. The van der Waals surface area contributed by atoms with E-state index in [4.69, 9.17) is 4.74 Å². The molecule has 0 bridgehead atoms. The van der Waals surface area contributed by atoms with Crippen LogP contribution in [-0.2, 0) is 10.0 Å². The fourth-order valence-electron chi connectivity index (χ4n) is 3.43. The van der Waals surface area contributed by atoms with E-state index >= 15 is 0 Å². The number of fused-ring (bicyclic) bond motifs is 3. The highest BCUT2D eigenvalue weighted by atomic mass is 32.2. The van der Waals surface area contributed by atoms with Gasteiger partial charge >= 0.3 is 0 Å². The second-order valence-corrected chi connectivity index (χ2v) is 8.79. The van der Waals surface area contributed by atoms with Gasteiger partial charge in [-0.2, -0.15) is 0 Å². The summed E-state index contributed by atoms with van der Waals surface area (Å²) in [6, 6.07) is 20.7. The van der Waals surface area contributed by atoms with Crippen molar-refractivity contribution in [3.8, 4) is 5.75 Å². The van der Waals surface area contributed by atoms with Crippen molar-refractivity contribution < 1.29 is 18.3 Å². The van der Waals surface area contributed by atoms with Crippen molar-refractivity contribution in [2.24, 2.45) is 0 Å². The summed E-state index contributed by atoms with van der Waals surface area (Å²) in [7, 11) is -3.44. The minimum Gasteiger partial charge on any atom is -0.492 e. The lowest BCUT2D eigenvalue weighted by molar-refractivity contribution is 0.132. The molecule has 0 unspecified atom stereocenters. The average molecular weight is 426 g/mol. The van der Waals surface area contributed by atoms with Gasteiger partial charge in [-0.05, 0) is 24.3 Å². The van der Waals surface area contributed by atoms with Gasteiger partial charge in [0.15, 0.2) is 0 Å². The number of sulfonamides is 1. The lowest BCUT2D eigenvalue weighted by Gasteiger charge is -2.17. The van der Waals surface area contributed by atoms with Gasteiger partial charge in [-0.25, -0.2) is 8.42 Å². The van der Waals surface area contributed by atoms with Gasteiger partial charge in [0.05, 0.1) is 17.5 Å². The number of ether oxygens (including phenoxy) is 1. The lowest BCUT2D eigenvalue weighted by atomic mass is 10.1. The fourth-order valence-corrected chi connectivity index (χ4v) is 4.01. The molecule has 8 heteroatoms. The molecular weight excluding hydrogens is 402 g/mol. The third-order valence-electron chi connectivity index (χ3n) is 4.74. The van der Waals surface area contributed by atoms with Crippen molar-refractivity contribution in [1.82, 2.24) is 10.3 Å². The fraction of sp³-hybridized carbons (Fsp3) is 0.182. The van der Waals surface area contributed by atoms with Crippen molar-refractivity contribution in [3.05, 3.63) is 72.3 Å². The van der Waals surface area contributed by atoms with Crippen molar-refractivity contribution >= 4 is 37.5 Å². The molecule has 1 aromatic heterocycles. The molecule has 0 aliphatic heterocycles. The normalized spacial score (nSPS) is 12.9. The largest absolute Gasteiger partial charge is 0.492 e. The van der Waals surface area contributed by atoms with Gasteiger partial charge in [0, 0.05) is 34.5 Å².